The Labute approximate surface area is 121 Å². The summed E-state index contributed by atoms with van der Waals surface area (Å²) in [5, 5.41) is 0. The Bertz CT molecular complexity index is 469. The molecule has 1 unspecified atom stereocenters. The molecule has 1 atom stereocenters. The van der Waals surface area contributed by atoms with Gasteiger partial charge in [0, 0.05) is 6.61 Å². The van der Waals surface area contributed by atoms with Gasteiger partial charge in [0.2, 0.25) is 0 Å². The Hall–Kier alpha value is -0.430. The molecule has 5 heteroatoms. The molecule has 0 amide bonds. The van der Waals surface area contributed by atoms with Crippen LogP contribution in [0.5, 0.6) is 0 Å². The first-order chi connectivity index (χ1) is 8.67. The van der Waals surface area contributed by atoms with Crippen LogP contribution in [-0.4, -0.2) is 16.6 Å². The molecular formula is C13H19IN2O2. The molecule has 1 aliphatic carbocycles. The van der Waals surface area contributed by atoms with Gasteiger partial charge >= 0.3 is 0 Å². The van der Waals surface area contributed by atoms with Gasteiger partial charge in [0.25, 0.3) is 5.56 Å². The molecule has 1 N–H and O–H groups in total. The summed E-state index contributed by atoms with van der Waals surface area (Å²) in [5.74, 6) is 1.25. The van der Waals surface area contributed by atoms with Crippen LogP contribution in [-0.2, 0) is 11.2 Å². The highest BCUT2D eigenvalue weighted by Gasteiger charge is 2.35. The standard InChI is InChI=1S/C13H19IN2O2/c1-3-5-9-10(14)13(17)16-12(15-9)11(18-4-2)8-6-7-8/h8,11H,3-7H2,1-2H3,(H,15,16,17). The van der Waals surface area contributed by atoms with Gasteiger partial charge in [-0.1, -0.05) is 13.3 Å². The zero-order chi connectivity index (χ0) is 13.1. The van der Waals surface area contributed by atoms with E-state index in [9.17, 15) is 4.79 Å². The molecule has 1 fully saturated rings. The highest BCUT2D eigenvalue weighted by Crippen LogP contribution is 2.42. The van der Waals surface area contributed by atoms with E-state index in [0.717, 1.165) is 18.5 Å². The Morgan fingerprint density at radius 1 is 1.50 bits per heavy atom. The van der Waals surface area contributed by atoms with E-state index in [1.165, 1.54) is 12.8 Å². The van der Waals surface area contributed by atoms with Gasteiger partial charge < -0.3 is 9.72 Å². The first kappa shape index (κ1) is 14.0. The summed E-state index contributed by atoms with van der Waals surface area (Å²) < 4.78 is 6.46. The number of H-pyrrole nitrogens is 1. The quantitative estimate of drug-likeness (QED) is 0.792. The fraction of sp³-hybridized carbons (Fsp3) is 0.692. The normalized spacial score (nSPS) is 16.8. The van der Waals surface area contributed by atoms with Gasteiger partial charge in [-0.2, -0.15) is 0 Å². The molecule has 0 spiro atoms. The molecule has 1 saturated carbocycles. The third-order valence-electron chi connectivity index (χ3n) is 3.10. The minimum Gasteiger partial charge on any atom is -0.370 e. The Morgan fingerprint density at radius 2 is 2.22 bits per heavy atom. The SMILES string of the molecule is CCCc1nc(C(OCC)C2CC2)[nH]c(=O)c1I. The number of rotatable bonds is 6. The highest BCUT2D eigenvalue weighted by molar-refractivity contribution is 14.1. The van der Waals surface area contributed by atoms with E-state index >= 15 is 0 Å². The Kier molecular flexibility index (Phi) is 4.77. The predicted molar refractivity (Wildman–Crippen MR) is 78.7 cm³/mol. The summed E-state index contributed by atoms with van der Waals surface area (Å²) in [7, 11) is 0. The first-order valence-electron chi connectivity index (χ1n) is 6.57. The lowest BCUT2D eigenvalue weighted by Crippen LogP contribution is -2.22. The van der Waals surface area contributed by atoms with E-state index in [2.05, 4.69) is 39.5 Å². The largest absolute Gasteiger partial charge is 0.370 e. The monoisotopic (exact) mass is 362 g/mol. The van der Waals surface area contributed by atoms with E-state index in [1.54, 1.807) is 0 Å². The van der Waals surface area contributed by atoms with Crippen molar-refractivity contribution in [3.63, 3.8) is 0 Å². The third kappa shape index (κ3) is 3.12. The summed E-state index contributed by atoms with van der Waals surface area (Å²) in [6, 6.07) is 0. The fourth-order valence-electron chi connectivity index (χ4n) is 2.08. The lowest BCUT2D eigenvalue weighted by molar-refractivity contribution is 0.0396. The average Bonchev–Trinajstić information content (AvgIpc) is 3.16. The molecule has 4 nitrogen and oxygen atoms in total. The summed E-state index contributed by atoms with van der Waals surface area (Å²) in [6.45, 7) is 4.73. The van der Waals surface area contributed by atoms with Gasteiger partial charge in [0.15, 0.2) is 0 Å². The van der Waals surface area contributed by atoms with Crippen LogP contribution in [0.1, 0.15) is 50.7 Å². The Balaban J connectivity index is 2.33. The smallest absolute Gasteiger partial charge is 0.264 e. The second-order valence-electron chi connectivity index (χ2n) is 4.68. The first-order valence-corrected chi connectivity index (χ1v) is 7.65. The number of nitrogens with zero attached hydrogens (tertiary/aromatic N) is 1. The summed E-state index contributed by atoms with van der Waals surface area (Å²) in [4.78, 5) is 19.4. The van der Waals surface area contributed by atoms with Crippen molar-refractivity contribution in [2.45, 2.75) is 45.6 Å². The molecular weight excluding hydrogens is 343 g/mol. The minimum absolute atomic E-state index is 0.0321. The van der Waals surface area contributed by atoms with E-state index in [4.69, 9.17) is 4.74 Å². The highest BCUT2D eigenvalue weighted by atomic mass is 127. The maximum absolute atomic E-state index is 11.9. The lowest BCUT2D eigenvalue weighted by atomic mass is 10.2. The van der Waals surface area contributed by atoms with Gasteiger partial charge in [-0.05, 0) is 54.7 Å². The van der Waals surface area contributed by atoms with Crippen molar-refractivity contribution in [2.24, 2.45) is 5.92 Å². The molecule has 100 valence electrons. The van der Waals surface area contributed by atoms with Crippen molar-refractivity contribution in [2.75, 3.05) is 6.61 Å². The molecule has 0 aliphatic heterocycles. The topological polar surface area (TPSA) is 55.0 Å². The molecule has 2 rings (SSSR count). The number of aromatic nitrogens is 2. The van der Waals surface area contributed by atoms with E-state index in [0.29, 0.717) is 21.9 Å². The van der Waals surface area contributed by atoms with Crippen molar-refractivity contribution >= 4 is 22.6 Å². The second-order valence-corrected chi connectivity index (χ2v) is 5.75. The Morgan fingerprint density at radius 3 is 2.78 bits per heavy atom. The van der Waals surface area contributed by atoms with Crippen molar-refractivity contribution < 1.29 is 4.74 Å². The van der Waals surface area contributed by atoms with Gasteiger partial charge in [-0.25, -0.2) is 4.98 Å². The van der Waals surface area contributed by atoms with Gasteiger partial charge in [-0.3, -0.25) is 4.79 Å². The van der Waals surface area contributed by atoms with Crippen molar-refractivity contribution in [1.82, 2.24) is 9.97 Å². The predicted octanol–water partition coefficient (Wildman–Crippen LogP) is 2.81. The number of halogens is 1. The van der Waals surface area contributed by atoms with E-state index in [1.807, 2.05) is 6.92 Å². The third-order valence-corrected chi connectivity index (χ3v) is 4.21. The van der Waals surface area contributed by atoms with Crippen LogP contribution in [0.25, 0.3) is 0 Å². The second kappa shape index (κ2) is 6.14. The van der Waals surface area contributed by atoms with Crippen LogP contribution < -0.4 is 5.56 Å². The molecule has 0 radical (unpaired) electrons. The fourth-order valence-corrected chi connectivity index (χ4v) is 2.60. The number of hydrogen-bond donors (Lipinski definition) is 1. The van der Waals surface area contributed by atoms with Gasteiger partial charge in [0.05, 0.1) is 9.26 Å². The van der Waals surface area contributed by atoms with Crippen LogP contribution in [0, 0.1) is 9.49 Å². The van der Waals surface area contributed by atoms with Crippen molar-refractivity contribution in [3.8, 4) is 0 Å². The molecule has 1 heterocycles. The average molecular weight is 362 g/mol. The van der Waals surface area contributed by atoms with Gasteiger partial charge in [-0.15, -0.1) is 0 Å². The van der Waals surface area contributed by atoms with Crippen molar-refractivity contribution in [1.29, 1.82) is 0 Å². The number of hydrogen-bond acceptors (Lipinski definition) is 3. The molecule has 1 aromatic rings. The summed E-state index contributed by atoms with van der Waals surface area (Å²) in [5.41, 5.74) is 0.872. The summed E-state index contributed by atoms with van der Waals surface area (Å²) in [6.07, 6.45) is 4.15. The maximum atomic E-state index is 11.9. The lowest BCUT2D eigenvalue weighted by Gasteiger charge is -2.16. The number of nitrogens with one attached hydrogen (secondary N) is 1. The van der Waals surface area contributed by atoms with Gasteiger partial charge in [0.1, 0.15) is 11.9 Å². The zero-order valence-corrected chi connectivity index (χ0v) is 13.0. The molecule has 0 aromatic carbocycles. The van der Waals surface area contributed by atoms with Crippen LogP contribution in [0.15, 0.2) is 4.79 Å². The molecule has 1 aliphatic rings. The zero-order valence-electron chi connectivity index (χ0n) is 10.8. The minimum atomic E-state index is -0.0330. The van der Waals surface area contributed by atoms with Crippen LogP contribution in [0.2, 0.25) is 0 Å². The van der Waals surface area contributed by atoms with E-state index < -0.39 is 0 Å². The molecule has 1 aromatic heterocycles. The number of aryl methyl sites for hydroxylation is 1. The van der Waals surface area contributed by atoms with Crippen LogP contribution in [0.3, 0.4) is 0 Å². The molecule has 18 heavy (non-hydrogen) atoms. The molecule has 0 saturated heterocycles. The molecule has 0 bridgehead atoms. The summed E-state index contributed by atoms with van der Waals surface area (Å²) >= 11 is 2.08. The van der Waals surface area contributed by atoms with Crippen LogP contribution in [0.4, 0.5) is 0 Å². The van der Waals surface area contributed by atoms with Crippen molar-refractivity contribution in [3.05, 3.63) is 25.4 Å². The van der Waals surface area contributed by atoms with Crippen LogP contribution >= 0.6 is 22.6 Å². The number of aromatic amines is 1. The maximum Gasteiger partial charge on any atom is 0.264 e. The van der Waals surface area contributed by atoms with E-state index in [-0.39, 0.29) is 11.7 Å². The number of ether oxygens (including phenoxy) is 1.